The van der Waals surface area contributed by atoms with Crippen LogP contribution in [0, 0.1) is 5.41 Å². The molecule has 1 saturated heterocycles. The maximum atomic E-state index is 12.7. The number of piperazine rings is 1. The number of rotatable bonds is 3. The number of hydrogen-bond acceptors (Lipinski definition) is 2. The maximum Gasteiger partial charge on any atom is 0.248 e. The van der Waals surface area contributed by atoms with Crippen molar-refractivity contribution >= 4 is 11.8 Å². The Morgan fingerprint density at radius 1 is 1.39 bits per heavy atom. The predicted molar refractivity (Wildman–Crippen MR) is 67.8 cm³/mol. The van der Waals surface area contributed by atoms with Gasteiger partial charge in [-0.25, -0.2) is 4.39 Å². The molecule has 2 atom stereocenters. The summed E-state index contributed by atoms with van der Waals surface area (Å²) in [6, 6.07) is -0.611. The molecule has 104 valence electrons. The van der Waals surface area contributed by atoms with Gasteiger partial charge in [-0.15, -0.1) is 0 Å². The van der Waals surface area contributed by atoms with Gasteiger partial charge in [-0.2, -0.15) is 0 Å². The van der Waals surface area contributed by atoms with Crippen molar-refractivity contribution in [2.75, 3.05) is 13.2 Å². The maximum absolute atomic E-state index is 12.7. The highest BCUT2D eigenvalue weighted by Crippen LogP contribution is 2.31. The van der Waals surface area contributed by atoms with E-state index in [4.69, 9.17) is 0 Å². The van der Waals surface area contributed by atoms with E-state index in [-0.39, 0.29) is 18.4 Å². The summed E-state index contributed by atoms with van der Waals surface area (Å²) < 4.78 is 12.7. The normalized spacial score (nSPS) is 29.4. The Hall–Kier alpha value is -1.13. The lowest BCUT2D eigenvalue weighted by Gasteiger charge is -2.48. The van der Waals surface area contributed by atoms with Gasteiger partial charge in [0.25, 0.3) is 0 Å². The fraction of sp³-hybridized carbons (Fsp3) is 0.846. The summed E-state index contributed by atoms with van der Waals surface area (Å²) >= 11 is 0. The molecule has 0 saturated carbocycles. The first kappa shape index (κ1) is 14.9. The number of alkyl halides is 1. The van der Waals surface area contributed by atoms with Crippen LogP contribution in [0.25, 0.3) is 0 Å². The Morgan fingerprint density at radius 2 is 1.94 bits per heavy atom. The van der Waals surface area contributed by atoms with Crippen LogP contribution in [-0.4, -0.2) is 41.5 Å². The van der Waals surface area contributed by atoms with Crippen LogP contribution in [0.2, 0.25) is 0 Å². The molecule has 1 aliphatic rings. The van der Waals surface area contributed by atoms with Gasteiger partial charge in [0.2, 0.25) is 11.8 Å². The van der Waals surface area contributed by atoms with Gasteiger partial charge < -0.3 is 10.2 Å². The van der Waals surface area contributed by atoms with Crippen LogP contribution in [0.4, 0.5) is 4.39 Å². The lowest BCUT2D eigenvalue weighted by molar-refractivity contribution is -0.159. The van der Waals surface area contributed by atoms with Gasteiger partial charge in [0.1, 0.15) is 18.3 Å². The lowest BCUT2D eigenvalue weighted by Crippen LogP contribution is -2.71. The highest BCUT2D eigenvalue weighted by molar-refractivity contribution is 5.99. The largest absolute Gasteiger partial charge is 0.340 e. The molecule has 1 heterocycles. The first-order valence-electron chi connectivity index (χ1n) is 6.36. The van der Waals surface area contributed by atoms with Crippen LogP contribution >= 0.6 is 0 Å². The zero-order valence-corrected chi connectivity index (χ0v) is 11.8. The molecule has 2 unspecified atom stereocenters. The van der Waals surface area contributed by atoms with Crippen molar-refractivity contribution in [2.45, 2.75) is 52.6 Å². The van der Waals surface area contributed by atoms with Crippen LogP contribution in [0.5, 0.6) is 0 Å². The molecule has 0 aromatic carbocycles. The smallest absolute Gasteiger partial charge is 0.248 e. The lowest BCUT2D eigenvalue weighted by atomic mass is 9.80. The summed E-state index contributed by atoms with van der Waals surface area (Å²) in [4.78, 5) is 26.0. The number of carbonyl (C=O) groups excluding carboxylic acids is 2. The summed E-state index contributed by atoms with van der Waals surface area (Å²) in [6.07, 6.45) is 0.497. The standard InChI is InChI=1S/C13H23FN2O2/c1-6-13(5)11(18)16(8-7-14)9(10(17)15-13)12(2,3)4/h9H,6-8H2,1-5H3,(H,15,17). The Labute approximate surface area is 108 Å². The second kappa shape index (κ2) is 4.86. The molecule has 0 aromatic heterocycles. The van der Waals surface area contributed by atoms with E-state index in [1.54, 1.807) is 6.92 Å². The van der Waals surface area contributed by atoms with Crippen molar-refractivity contribution in [1.29, 1.82) is 0 Å². The van der Waals surface area contributed by atoms with E-state index in [0.29, 0.717) is 6.42 Å². The van der Waals surface area contributed by atoms with E-state index >= 15 is 0 Å². The quantitative estimate of drug-likeness (QED) is 0.834. The third kappa shape index (κ3) is 2.49. The third-order valence-corrected chi connectivity index (χ3v) is 3.54. The molecule has 0 radical (unpaired) electrons. The molecule has 1 rings (SSSR count). The molecule has 1 N–H and O–H groups in total. The Kier molecular flexibility index (Phi) is 4.03. The van der Waals surface area contributed by atoms with E-state index in [1.807, 2.05) is 27.7 Å². The number of nitrogens with one attached hydrogen (secondary N) is 1. The molecule has 0 spiro atoms. The molecule has 1 aliphatic heterocycles. The van der Waals surface area contributed by atoms with Crippen LogP contribution in [0.15, 0.2) is 0 Å². The van der Waals surface area contributed by atoms with Gasteiger partial charge >= 0.3 is 0 Å². The van der Waals surface area contributed by atoms with Crippen molar-refractivity contribution in [1.82, 2.24) is 10.2 Å². The summed E-state index contributed by atoms with van der Waals surface area (Å²) in [6.45, 7) is 8.51. The minimum absolute atomic E-state index is 0.0240. The number of nitrogens with zero attached hydrogens (tertiary/aromatic N) is 1. The van der Waals surface area contributed by atoms with Gasteiger partial charge in [0.05, 0.1) is 0 Å². The number of hydrogen-bond donors (Lipinski definition) is 1. The van der Waals surface area contributed by atoms with E-state index in [1.165, 1.54) is 4.90 Å². The molecular formula is C13H23FN2O2. The zero-order chi connectivity index (χ0) is 14.1. The third-order valence-electron chi connectivity index (χ3n) is 3.54. The van der Waals surface area contributed by atoms with Gasteiger partial charge in [-0.05, 0) is 18.8 Å². The molecule has 0 aliphatic carbocycles. The molecule has 1 fully saturated rings. The number of carbonyl (C=O) groups is 2. The molecule has 5 heteroatoms. The second-order valence-corrected chi connectivity index (χ2v) is 6.13. The van der Waals surface area contributed by atoms with E-state index < -0.39 is 23.7 Å². The van der Waals surface area contributed by atoms with Crippen LogP contribution in [0.3, 0.4) is 0 Å². The van der Waals surface area contributed by atoms with Crippen molar-refractivity contribution in [3.63, 3.8) is 0 Å². The minimum Gasteiger partial charge on any atom is -0.340 e. The summed E-state index contributed by atoms with van der Waals surface area (Å²) in [7, 11) is 0. The molecule has 0 bridgehead atoms. The van der Waals surface area contributed by atoms with Crippen molar-refractivity contribution in [2.24, 2.45) is 5.41 Å². The monoisotopic (exact) mass is 258 g/mol. The highest BCUT2D eigenvalue weighted by Gasteiger charge is 2.50. The van der Waals surface area contributed by atoms with Crippen molar-refractivity contribution in [3.05, 3.63) is 0 Å². The molecule has 18 heavy (non-hydrogen) atoms. The number of amides is 2. The van der Waals surface area contributed by atoms with E-state index in [2.05, 4.69) is 5.32 Å². The van der Waals surface area contributed by atoms with E-state index in [0.717, 1.165) is 0 Å². The van der Waals surface area contributed by atoms with Crippen LogP contribution in [-0.2, 0) is 9.59 Å². The zero-order valence-electron chi connectivity index (χ0n) is 11.8. The van der Waals surface area contributed by atoms with Gasteiger partial charge in [0.15, 0.2) is 0 Å². The number of halogens is 1. The molecule has 0 aromatic rings. The van der Waals surface area contributed by atoms with E-state index in [9.17, 15) is 14.0 Å². The SMILES string of the molecule is CCC1(C)NC(=O)C(C(C)(C)C)N(CCF)C1=O. The summed E-state index contributed by atoms with van der Waals surface area (Å²) in [5.41, 5.74) is -1.32. The Bertz CT molecular complexity index is 351. The van der Waals surface area contributed by atoms with Gasteiger partial charge in [0, 0.05) is 6.54 Å². The Morgan fingerprint density at radius 3 is 2.33 bits per heavy atom. The van der Waals surface area contributed by atoms with Crippen molar-refractivity contribution < 1.29 is 14.0 Å². The fourth-order valence-electron chi connectivity index (χ4n) is 2.39. The average Bonchev–Trinajstić information content (AvgIpc) is 2.23. The first-order valence-corrected chi connectivity index (χ1v) is 6.36. The van der Waals surface area contributed by atoms with Crippen LogP contribution < -0.4 is 5.32 Å². The Balaban J connectivity index is 3.15. The second-order valence-electron chi connectivity index (χ2n) is 6.13. The van der Waals surface area contributed by atoms with Crippen molar-refractivity contribution in [3.8, 4) is 0 Å². The summed E-state index contributed by atoms with van der Waals surface area (Å²) in [5, 5.41) is 2.78. The van der Waals surface area contributed by atoms with Gasteiger partial charge in [-0.3, -0.25) is 9.59 Å². The first-order chi connectivity index (χ1) is 8.17. The summed E-state index contributed by atoms with van der Waals surface area (Å²) in [5.74, 6) is -0.387. The van der Waals surface area contributed by atoms with Gasteiger partial charge in [-0.1, -0.05) is 27.7 Å². The van der Waals surface area contributed by atoms with Crippen LogP contribution in [0.1, 0.15) is 41.0 Å². The topological polar surface area (TPSA) is 49.4 Å². The molecule has 2 amide bonds. The molecular weight excluding hydrogens is 235 g/mol. The predicted octanol–water partition coefficient (Wildman–Crippen LogP) is 1.50. The fourth-order valence-corrected chi connectivity index (χ4v) is 2.39. The minimum atomic E-state index is -0.909. The molecule has 4 nitrogen and oxygen atoms in total. The highest BCUT2D eigenvalue weighted by atomic mass is 19.1. The average molecular weight is 258 g/mol.